The molecule has 1 fully saturated rings. The predicted molar refractivity (Wildman–Crippen MR) is 78.3 cm³/mol. The molecular formula is C15H19ClFNO3. The van der Waals surface area contributed by atoms with Gasteiger partial charge in [0.15, 0.2) is 0 Å². The Morgan fingerprint density at radius 3 is 2.76 bits per heavy atom. The van der Waals surface area contributed by atoms with Crippen molar-refractivity contribution in [2.24, 2.45) is 0 Å². The van der Waals surface area contributed by atoms with Crippen LogP contribution in [0.15, 0.2) is 18.2 Å². The van der Waals surface area contributed by atoms with Gasteiger partial charge in [-0.3, -0.25) is 0 Å². The summed E-state index contributed by atoms with van der Waals surface area (Å²) in [5, 5.41) is 0.0594. The van der Waals surface area contributed by atoms with Gasteiger partial charge in [0.05, 0.1) is 11.6 Å². The van der Waals surface area contributed by atoms with Crippen molar-refractivity contribution in [3.63, 3.8) is 0 Å². The summed E-state index contributed by atoms with van der Waals surface area (Å²) in [5.41, 5.74) is -0.519. The first-order chi connectivity index (χ1) is 9.74. The van der Waals surface area contributed by atoms with Crippen molar-refractivity contribution < 1.29 is 18.7 Å². The highest BCUT2D eigenvalue weighted by atomic mass is 35.5. The number of amides is 1. The number of benzene rings is 1. The van der Waals surface area contributed by atoms with Gasteiger partial charge in [0, 0.05) is 19.0 Å². The summed E-state index contributed by atoms with van der Waals surface area (Å²) in [7, 11) is 0. The molecule has 116 valence electrons. The quantitative estimate of drug-likeness (QED) is 0.831. The van der Waals surface area contributed by atoms with Crippen molar-refractivity contribution in [3.05, 3.63) is 29.0 Å². The van der Waals surface area contributed by atoms with E-state index in [4.69, 9.17) is 21.1 Å². The van der Waals surface area contributed by atoms with Gasteiger partial charge in [0.25, 0.3) is 0 Å². The molecule has 0 N–H and O–H groups in total. The number of likely N-dealkylation sites (tertiary alicyclic amines) is 1. The van der Waals surface area contributed by atoms with Crippen LogP contribution in [0.25, 0.3) is 0 Å². The molecule has 1 aliphatic rings. The molecule has 1 amide bonds. The fourth-order valence-corrected chi connectivity index (χ4v) is 2.18. The molecule has 0 radical (unpaired) electrons. The van der Waals surface area contributed by atoms with Crippen LogP contribution in [0.4, 0.5) is 9.18 Å². The van der Waals surface area contributed by atoms with Gasteiger partial charge >= 0.3 is 6.09 Å². The van der Waals surface area contributed by atoms with Gasteiger partial charge < -0.3 is 14.4 Å². The maximum atomic E-state index is 13.3. The minimum atomic E-state index is -0.519. The zero-order chi connectivity index (χ0) is 15.6. The molecule has 0 aromatic heterocycles. The lowest BCUT2D eigenvalue weighted by molar-refractivity contribution is 0.0275. The van der Waals surface area contributed by atoms with E-state index in [9.17, 15) is 9.18 Å². The molecule has 6 heteroatoms. The number of carbonyl (C=O) groups is 1. The van der Waals surface area contributed by atoms with Crippen LogP contribution in [0.5, 0.6) is 5.75 Å². The summed E-state index contributed by atoms with van der Waals surface area (Å²) in [4.78, 5) is 13.5. The van der Waals surface area contributed by atoms with Crippen LogP contribution >= 0.6 is 11.6 Å². The van der Waals surface area contributed by atoms with Crippen LogP contribution in [0, 0.1) is 5.82 Å². The van der Waals surface area contributed by atoms with Gasteiger partial charge in [0.1, 0.15) is 23.3 Å². The van der Waals surface area contributed by atoms with E-state index >= 15 is 0 Å². The molecule has 2 rings (SSSR count). The standard InChI is InChI=1S/C15H19ClFNO3/c1-15(2,3)21-14(19)18-7-6-11(9-18)20-10-4-5-12(16)13(17)8-10/h4-5,8,11H,6-7,9H2,1-3H3. The van der Waals surface area contributed by atoms with Crippen LogP contribution < -0.4 is 4.74 Å². The number of nitrogens with zero attached hydrogens (tertiary/aromatic N) is 1. The van der Waals surface area contributed by atoms with E-state index in [-0.39, 0.29) is 17.2 Å². The van der Waals surface area contributed by atoms with Crippen molar-refractivity contribution in [1.29, 1.82) is 0 Å². The molecule has 1 aromatic rings. The molecule has 0 bridgehead atoms. The highest BCUT2D eigenvalue weighted by Gasteiger charge is 2.30. The Hall–Kier alpha value is -1.49. The van der Waals surface area contributed by atoms with Gasteiger partial charge in [-0.2, -0.15) is 0 Å². The molecule has 4 nitrogen and oxygen atoms in total. The van der Waals surface area contributed by atoms with Gasteiger partial charge in [-0.25, -0.2) is 9.18 Å². The molecule has 1 heterocycles. The lowest BCUT2D eigenvalue weighted by Gasteiger charge is -2.24. The van der Waals surface area contributed by atoms with Crippen molar-refractivity contribution >= 4 is 17.7 Å². The number of hydrogen-bond acceptors (Lipinski definition) is 3. The topological polar surface area (TPSA) is 38.8 Å². The van der Waals surface area contributed by atoms with E-state index < -0.39 is 11.4 Å². The average Bonchev–Trinajstić information content (AvgIpc) is 2.80. The molecule has 21 heavy (non-hydrogen) atoms. The first kappa shape index (κ1) is 15.9. The first-order valence-electron chi connectivity index (χ1n) is 6.84. The normalized spacial score (nSPS) is 18.7. The van der Waals surface area contributed by atoms with Crippen LogP contribution in [0.3, 0.4) is 0 Å². The van der Waals surface area contributed by atoms with E-state index in [0.29, 0.717) is 25.3 Å². The second-order valence-electron chi connectivity index (χ2n) is 6.03. The zero-order valence-corrected chi connectivity index (χ0v) is 13.1. The highest BCUT2D eigenvalue weighted by Crippen LogP contribution is 2.24. The minimum Gasteiger partial charge on any atom is -0.488 e. The maximum Gasteiger partial charge on any atom is 0.410 e. The molecule has 0 spiro atoms. The SMILES string of the molecule is CC(C)(C)OC(=O)N1CCC(Oc2ccc(Cl)c(F)c2)C1. The fraction of sp³-hybridized carbons (Fsp3) is 0.533. The molecule has 1 aromatic carbocycles. The number of halogens is 2. The molecule has 1 aliphatic heterocycles. The Bertz CT molecular complexity index is 530. The molecular weight excluding hydrogens is 297 g/mol. The molecule has 0 saturated carbocycles. The van der Waals surface area contributed by atoms with Gasteiger partial charge in [-0.1, -0.05) is 11.6 Å². The van der Waals surface area contributed by atoms with E-state index in [2.05, 4.69) is 0 Å². The predicted octanol–water partition coefficient (Wildman–Crippen LogP) is 3.87. The van der Waals surface area contributed by atoms with E-state index in [1.165, 1.54) is 12.1 Å². The lowest BCUT2D eigenvalue weighted by atomic mass is 10.2. The summed E-state index contributed by atoms with van der Waals surface area (Å²) in [6, 6.07) is 4.31. The third-order valence-corrected chi connectivity index (χ3v) is 3.30. The molecule has 1 saturated heterocycles. The van der Waals surface area contributed by atoms with Gasteiger partial charge in [-0.05, 0) is 32.9 Å². The highest BCUT2D eigenvalue weighted by molar-refractivity contribution is 6.30. The monoisotopic (exact) mass is 315 g/mol. The number of rotatable bonds is 2. The Morgan fingerprint density at radius 2 is 2.14 bits per heavy atom. The minimum absolute atomic E-state index is 0.0594. The summed E-state index contributed by atoms with van der Waals surface area (Å²) >= 11 is 5.62. The number of ether oxygens (including phenoxy) is 2. The molecule has 1 atom stereocenters. The van der Waals surface area contributed by atoms with Gasteiger partial charge in [0.2, 0.25) is 0 Å². The summed E-state index contributed by atoms with van der Waals surface area (Å²) in [6.07, 6.45) is 0.165. The number of hydrogen-bond donors (Lipinski definition) is 0. The van der Waals surface area contributed by atoms with Gasteiger partial charge in [-0.15, -0.1) is 0 Å². The molecule has 1 unspecified atom stereocenters. The van der Waals surface area contributed by atoms with E-state index in [1.54, 1.807) is 11.0 Å². The smallest absolute Gasteiger partial charge is 0.410 e. The Morgan fingerprint density at radius 1 is 1.43 bits per heavy atom. The van der Waals surface area contributed by atoms with Crippen molar-refractivity contribution in [2.75, 3.05) is 13.1 Å². The number of carbonyl (C=O) groups excluding carboxylic acids is 1. The van der Waals surface area contributed by atoms with Crippen molar-refractivity contribution in [1.82, 2.24) is 4.90 Å². The first-order valence-corrected chi connectivity index (χ1v) is 7.22. The Labute approximate surface area is 128 Å². The van der Waals surface area contributed by atoms with Crippen LogP contribution in [-0.4, -0.2) is 35.8 Å². The Balaban J connectivity index is 1.90. The van der Waals surface area contributed by atoms with Crippen LogP contribution in [0.2, 0.25) is 5.02 Å². The summed E-state index contributed by atoms with van der Waals surface area (Å²) < 4.78 is 24.3. The third-order valence-electron chi connectivity index (χ3n) is 2.99. The summed E-state index contributed by atoms with van der Waals surface area (Å²) in [6.45, 7) is 6.47. The van der Waals surface area contributed by atoms with Crippen molar-refractivity contribution in [2.45, 2.75) is 38.9 Å². The third kappa shape index (κ3) is 4.49. The van der Waals surface area contributed by atoms with E-state index in [1.807, 2.05) is 20.8 Å². The van der Waals surface area contributed by atoms with Crippen LogP contribution in [-0.2, 0) is 4.74 Å². The fourth-order valence-electron chi connectivity index (χ4n) is 2.06. The maximum absolute atomic E-state index is 13.3. The average molecular weight is 316 g/mol. The zero-order valence-electron chi connectivity index (χ0n) is 12.4. The largest absolute Gasteiger partial charge is 0.488 e. The second kappa shape index (κ2) is 6.10. The van der Waals surface area contributed by atoms with Crippen molar-refractivity contribution in [3.8, 4) is 5.75 Å². The Kier molecular flexibility index (Phi) is 4.61. The van der Waals surface area contributed by atoms with E-state index in [0.717, 1.165) is 0 Å². The molecule has 0 aliphatic carbocycles. The summed E-state index contributed by atoms with van der Waals surface area (Å²) in [5.74, 6) is -0.107. The second-order valence-corrected chi connectivity index (χ2v) is 6.44. The lowest BCUT2D eigenvalue weighted by Crippen LogP contribution is -2.36. The van der Waals surface area contributed by atoms with Crippen LogP contribution in [0.1, 0.15) is 27.2 Å².